The number of benzene rings is 1. The van der Waals surface area contributed by atoms with Crippen LogP contribution in [0, 0.1) is 0 Å². The first-order valence-electron chi connectivity index (χ1n) is 6.67. The standard InChI is InChI=1S/C16H26O2/c1-7-12-8-13(11(2)10-17)15(18-6)14(9-12)16(3,4)5/h8-9,11,17H,7,10H2,1-6H3. The molecule has 0 radical (unpaired) electrons. The third-order valence-corrected chi connectivity index (χ3v) is 3.40. The third kappa shape index (κ3) is 3.05. The molecule has 0 amide bonds. The summed E-state index contributed by atoms with van der Waals surface area (Å²) in [5.74, 6) is 1.04. The first kappa shape index (κ1) is 15.0. The van der Waals surface area contributed by atoms with Crippen molar-refractivity contribution < 1.29 is 9.84 Å². The van der Waals surface area contributed by atoms with Crippen molar-refractivity contribution >= 4 is 0 Å². The van der Waals surface area contributed by atoms with Crippen LogP contribution < -0.4 is 4.74 Å². The maximum atomic E-state index is 9.41. The Kier molecular flexibility index (Phi) is 4.80. The summed E-state index contributed by atoms with van der Waals surface area (Å²) in [4.78, 5) is 0. The fourth-order valence-corrected chi connectivity index (χ4v) is 2.17. The van der Waals surface area contributed by atoms with Crippen molar-refractivity contribution in [2.75, 3.05) is 13.7 Å². The number of ether oxygens (including phenoxy) is 1. The highest BCUT2D eigenvalue weighted by Crippen LogP contribution is 2.38. The first-order chi connectivity index (χ1) is 8.35. The SMILES string of the molecule is CCc1cc(C(C)CO)c(OC)c(C(C)(C)C)c1. The van der Waals surface area contributed by atoms with Crippen molar-refractivity contribution in [3.8, 4) is 5.75 Å². The predicted molar refractivity (Wildman–Crippen MR) is 76.6 cm³/mol. The Balaban J connectivity index is 3.50. The van der Waals surface area contributed by atoms with E-state index in [1.807, 2.05) is 6.92 Å². The van der Waals surface area contributed by atoms with E-state index in [1.165, 1.54) is 11.1 Å². The summed E-state index contributed by atoms with van der Waals surface area (Å²) in [6, 6.07) is 4.39. The fraction of sp³-hybridized carbons (Fsp3) is 0.625. The molecule has 0 bridgehead atoms. The zero-order valence-electron chi connectivity index (χ0n) is 12.5. The number of aliphatic hydroxyl groups excluding tert-OH is 1. The maximum absolute atomic E-state index is 9.41. The molecule has 1 aromatic carbocycles. The Bertz CT molecular complexity index is 402. The van der Waals surface area contributed by atoms with Crippen LogP contribution in [0.15, 0.2) is 12.1 Å². The van der Waals surface area contributed by atoms with Gasteiger partial charge in [-0.2, -0.15) is 0 Å². The monoisotopic (exact) mass is 250 g/mol. The molecule has 0 aliphatic rings. The van der Waals surface area contributed by atoms with E-state index in [1.54, 1.807) is 7.11 Å². The molecule has 0 saturated heterocycles. The number of aryl methyl sites for hydroxylation is 1. The van der Waals surface area contributed by atoms with E-state index in [0.29, 0.717) is 0 Å². The quantitative estimate of drug-likeness (QED) is 0.884. The van der Waals surface area contributed by atoms with Crippen LogP contribution in [-0.4, -0.2) is 18.8 Å². The molecule has 0 aliphatic heterocycles. The largest absolute Gasteiger partial charge is 0.496 e. The molecule has 0 fully saturated rings. The molecule has 1 atom stereocenters. The average Bonchev–Trinajstić information content (AvgIpc) is 2.34. The van der Waals surface area contributed by atoms with Gasteiger partial charge in [-0.05, 0) is 23.0 Å². The van der Waals surface area contributed by atoms with Crippen LogP contribution in [0.1, 0.15) is 57.2 Å². The van der Waals surface area contributed by atoms with Crippen LogP contribution in [0.3, 0.4) is 0 Å². The summed E-state index contributed by atoms with van der Waals surface area (Å²) in [6.45, 7) is 10.9. The molecular formula is C16H26O2. The molecule has 0 spiro atoms. The lowest BCUT2D eigenvalue weighted by atomic mass is 9.82. The van der Waals surface area contributed by atoms with Crippen LogP contribution in [0.2, 0.25) is 0 Å². The fourth-order valence-electron chi connectivity index (χ4n) is 2.17. The van der Waals surface area contributed by atoms with Crippen molar-refractivity contribution in [2.45, 2.75) is 52.4 Å². The maximum Gasteiger partial charge on any atom is 0.126 e. The zero-order chi connectivity index (χ0) is 13.9. The number of hydrogen-bond donors (Lipinski definition) is 1. The Morgan fingerprint density at radius 1 is 1.28 bits per heavy atom. The van der Waals surface area contributed by atoms with Gasteiger partial charge in [0.1, 0.15) is 5.75 Å². The second-order valence-corrected chi connectivity index (χ2v) is 5.95. The molecule has 102 valence electrons. The Morgan fingerprint density at radius 2 is 1.89 bits per heavy atom. The van der Waals surface area contributed by atoms with Crippen LogP contribution in [0.25, 0.3) is 0 Å². The minimum atomic E-state index is 0.0421. The van der Waals surface area contributed by atoms with E-state index in [4.69, 9.17) is 4.74 Å². The summed E-state index contributed by atoms with van der Waals surface area (Å²) < 4.78 is 5.61. The van der Waals surface area contributed by atoms with E-state index < -0.39 is 0 Å². The molecule has 1 unspecified atom stereocenters. The van der Waals surface area contributed by atoms with Crippen LogP contribution in [0.4, 0.5) is 0 Å². The van der Waals surface area contributed by atoms with Crippen molar-refractivity contribution in [1.29, 1.82) is 0 Å². The molecular weight excluding hydrogens is 224 g/mol. The molecule has 1 N–H and O–H groups in total. The molecule has 2 heteroatoms. The topological polar surface area (TPSA) is 29.5 Å². The number of rotatable bonds is 4. The summed E-state index contributed by atoms with van der Waals surface area (Å²) in [7, 11) is 1.71. The van der Waals surface area contributed by atoms with E-state index in [0.717, 1.165) is 17.7 Å². The van der Waals surface area contributed by atoms with Gasteiger partial charge in [0.2, 0.25) is 0 Å². The van der Waals surface area contributed by atoms with Gasteiger partial charge in [-0.3, -0.25) is 0 Å². The minimum Gasteiger partial charge on any atom is -0.496 e. The van der Waals surface area contributed by atoms with Gasteiger partial charge in [0, 0.05) is 18.1 Å². The normalized spacial score (nSPS) is 13.5. The van der Waals surface area contributed by atoms with E-state index >= 15 is 0 Å². The summed E-state index contributed by atoms with van der Waals surface area (Å²) in [5.41, 5.74) is 3.68. The van der Waals surface area contributed by atoms with Crippen molar-refractivity contribution in [1.82, 2.24) is 0 Å². The Morgan fingerprint density at radius 3 is 2.28 bits per heavy atom. The molecule has 1 rings (SSSR count). The van der Waals surface area contributed by atoms with Gasteiger partial charge in [-0.25, -0.2) is 0 Å². The second kappa shape index (κ2) is 5.75. The molecule has 0 aliphatic carbocycles. The van der Waals surface area contributed by atoms with Gasteiger partial charge < -0.3 is 9.84 Å². The highest BCUT2D eigenvalue weighted by Gasteiger charge is 2.23. The van der Waals surface area contributed by atoms with E-state index in [-0.39, 0.29) is 17.9 Å². The lowest BCUT2D eigenvalue weighted by Crippen LogP contribution is -2.16. The molecule has 1 aromatic rings. The van der Waals surface area contributed by atoms with Gasteiger partial charge in [-0.15, -0.1) is 0 Å². The lowest BCUT2D eigenvalue weighted by Gasteiger charge is -2.26. The van der Waals surface area contributed by atoms with Crippen LogP contribution >= 0.6 is 0 Å². The van der Waals surface area contributed by atoms with Gasteiger partial charge in [0.25, 0.3) is 0 Å². The predicted octanol–water partition coefficient (Wildman–Crippen LogP) is 3.65. The number of hydrogen-bond acceptors (Lipinski definition) is 2. The molecule has 0 heterocycles. The second-order valence-electron chi connectivity index (χ2n) is 5.95. The molecule has 0 aromatic heterocycles. The Hall–Kier alpha value is -1.02. The van der Waals surface area contributed by atoms with Crippen molar-refractivity contribution in [3.05, 3.63) is 28.8 Å². The number of methoxy groups -OCH3 is 1. The average molecular weight is 250 g/mol. The van der Waals surface area contributed by atoms with Crippen LogP contribution in [-0.2, 0) is 11.8 Å². The molecule has 2 nitrogen and oxygen atoms in total. The summed E-state index contributed by atoms with van der Waals surface area (Å²) >= 11 is 0. The third-order valence-electron chi connectivity index (χ3n) is 3.40. The highest BCUT2D eigenvalue weighted by atomic mass is 16.5. The molecule has 18 heavy (non-hydrogen) atoms. The molecule has 0 saturated carbocycles. The van der Waals surface area contributed by atoms with E-state index in [2.05, 4.69) is 39.8 Å². The zero-order valence-corrected chi connectivity index (χ0v) is 12.5. The number of aliphatic hydroxyl groups is 1. The van der Waals surface area contributed by atoms with E-state index in [9.17, 15) is 5.11 Å². The van der Waals surface area contributed by atoms with Crippen molar-refractivity contribution in [2.24, 2.45) is 0 Å². The summed E-state index contributed by atoms with van der Waals surface area (Å²) in [6.07, 6.45) is 0.998. The summed E-state index contributed by atoms with van der Waals surface area (Å²) in [5, 5.41) is 9.41. The smallest absolute Gasteiger partial charge is 0.126 e. The van der Waals surface area contributed by atoms with Crippen molar-refractivity contribution in [3.63, 3.8) is 0 Å². The highest BCUT2D eigenvalue weighted by molar-refractivity contribution is 5.49. The van der Waals surface area contributed by atoms with Gasteiger partial charge in [0.15, 0.2) is 0 Å². The van der Waals surface area contributed by atoms with Crippen LogP contribution in [0.5, 0.6) is 5.75 Å². The van der Waals surface area contributed by atoms with Gasteiger partial charge in [-0.1, -0.05) is 46.8 Å². The van der Waals surface area contributed by atoms with Gasteiger partial charge in [0.05, 0.1) is 7.11 Å². The minimum absolute atomic E-state index is 0.0421. The van der Waals surface area contributed by atoms with Gasteiger partial charge >= 0.3 is 0 Å². The first-order valence-corrected chi connectivity index (χ1v) is 6.67. The Labute approximate surface area is 111 Å². The lowest BCUT2D eigenvalue weighted by molar-refractivity contribution is 0.269.